The first-order valence-electron chi connectivity index (χ1n) is 3.09. The zero-order chi connectivity index (χ0) is 10.2. The molecule has 0 aromatic heterocycles. The topological polar surface area (TPSA) is 54.1 Å². The van der Waals surface area contributed by atoms with E-state index < -0.39 is 21.9 Å². The molecule has 0 saturated carbocycles. The highest BCUT2D eigenvalue weighted by molar-refractivity contribution is 6.22. The summed E-state index contributed by atoms with van der Waals surface area (Å²) in [7, 11) is 1.07. The number of hydrogen-bond acceptors (Lipinski definition) is 4. The smallest absolute Gasteiger partial charge is 0.299 e. The van der Waals surface area contributed by atoms with E-state index in [9.17, 15) is 8.87 Å². The summed E-state index contributed by atoms with van der Waals surface area (Å²) in [4.78, 5) is 0.535. The van der Waals surface area contributed by atoms with Gasteiger partial charge in [-0.25, -0.2) is 0 Å². The fraction of sp³-hybridized carbons (Fsp3) is 0.333. The summed E-state index contributed by atoms with van der Waals surface area (Å²) >= 11 is 5.08. The van der Waals surface area contributed by atoms with Crippen molar-refractivity contribution in [3.8, 4) is 12.1 Å². The lowest BCUT2D eigenvalue weighted by Gasteiger charge is -2.24. The van der Waals surface area contributed by atoms with Gasteiger partial charge in [0.1, 0.15) is 12.1 Å². The van der Waals surface area contributed by atoms with Crippen LogP contribution >= 0.6 is 11.6 Å². The normalized spacial score (nSPS) is 27.5. The van der Waals surface area contributed by atoms with E-state index in [1.54, 1.807) is 0 Å². The summed E-state index contributed by atoms with van der Waals surface area (Å²) in [5.41, 5.74) is -1.18. The summed E-state index contributed by atoms with van der Waals surface area (Å²) in [6, 6.07) is 2.82. The van der Waals surface area contributed by atoms with Crippen LogP contribution in [0.15, 0.2) is 11.4 Å². The molecule has 13 heavy (non-hydrogen) atoms. The predicted molar refractivity (Wildman–Crippen MR) is 38.7 cm³/mol. The Hall–Kier alpha value is -1.53. The van der Waals surface area contributed by atoms with Crippen molar-refractivity contribution in [3.05, 3.63) is 11.4 Å². The van der Waals surface area contributed by atoms with E-state index in [2.05, 4.69) is 0 Å². The maximum Gasteiger partial charge on any atom is 0.368 e. The molecule has 0 saturated heterocycles. The number of hydrogen-bond donors (Lipinski definition) is 0. The number of rotatable bonds is 0. The molecule has 1 heterocycles. The number of nitrogens with zero attached hydrogens (tertiary/aromatic N) is 4. The predicted octanol–water partition coefficient (Wildman–Crippen LogP) is 1.20. The Kier molecular flexibility index (Phi) is 2.02. The van der Waals surface area contributed by atoms with Crippen molar-refractivity contribution < 1.29 is 8.87 Å². The molecular weight excluding hydrogens is 202 g/mol. The zero-order valence-corrected chi connectivity index (χ0v) is 7.18. The molecule has 0 bridgehead atoms. The molecule has 0 aromatic rings. The number of halogens is 3. The number of nitriles is 2. The highest BCUT2D eigenvalue weighted by Gasteiger charge is 2.51. The Morgan fingerprint density at radius 1 is 1.38 bits per heavy atom. The van der Waals surface area contributed by atoms with Crippen molar-refractivity contribution in [2.24, 2.45) is 0 Å². The maximum atomic E-state index is 13.2. The third kappa shape index (κ3) is 1.07. The molecule has 68 valence electrons. The minimum atomic E-state index is -2.99. The van der Waals surface area contributed by atoms with Gasteiger partial charge >= 0.3 is 5.38 Å². The highest BCUT2D eigenvalue weighted by Crippen LogP contribution is 2.40. The summed E-state index contributed by atoms with van der Waals surface area (Å²) in [5.74, 6) is 0. The van der Waals surface area contributed by atoms with E-state index in [1.807, 2.05) is 0 Å². The van der Waals surface area contributed by atoms with Crippen LogP contribution in [-0.2, 0) is 0 Å². The van der Waals surface area contributed by atoms with Gasteiger partial charge in [0.15, 0.2) is 11.4 Å². The van der Waals surface area contributed by atoms with Gasteiger partial charge < -0.3 is 0 Å². The Balaban J connectivity index is 3.26. The number of allylic oxidation sites excluding steroid dienone is 2. The lowest BCUT2D eigenvalue weighted by atomic mass is 10.4. The van der Waals surface area contributed by atoms with Crippen LogP contribution in [0.2, 0.25) is 0 Å². The summed E-state index contributed by atoms with van der Waals surface area (Å²) < 4.78 is 26.1. The Morgan fingerprint density at radius 3 is 2.15 bits per heavy atom. The van der Waals surface area contributed by atoms with E-state index in [1.165, 1.54) is 12.1 Å². The van der Waals surface area contributed by atoms with Gasteiger partial charge in [0.05, 0.1) is 0 Å². The molecule has 7 heteroatoms. The Labute approximate surface area is 77.7 Å². The molecule has 0 fully saturated rings. The van der Waals surface area contributed by atoms with Gasteiger partial charge in [-0.3, -0.25) is 4.90 Å². The molecule has 0 amide bonds. The first kappa shape index (κ1) is 9.56. The minimum Gasteiger partial charge on any atom is -0.299 e. The number of alkyl halides is 2. The third-order valence-corrected chi connectivity index (χ3v) is 2.01. The minimum absolute atomic E-state index is 0.442. The molecule has 1 rings (SSSR count). The second-order valence-electron chi connectivity index (χ2n) is 2.27. The molecule has 1 aliphatic heterocycles. The van der Waals surface area contributed by atoms with Crippen molar-refractivity contribution in [1.29, 1.82) is 10.5 Å². The van der Waals surface area contributed by atoms with Gasteiger partial charge in [0.25, 0.3) is 0 Å². The van der Waals surface area contributed by atoms with E-state index in [0.29, 0.717) is 4.90 Å². The van der Waals surface area contributed by atoms with Crippen LogP contribution in [0.3, 0.4) is 0 Å². The highest BCUT2D eigenvalue weighted by atomic mass is 35.5. The third-order valence-electron chi connectivity index (χ3n) is 1.61. The SMILES string of the molecule is CN1C(C#N)=C(C#N)N(F)C1(F)Cl. The first-order chi connectivity index (χ1) is 5.96. The Bertz CT molecular complexity index is 319. The fourth-order valence-corrected chi connectivity index (χ4v) is 1.05. The van der Waals surface area contributed by atoms with Crippen LogP contribution in [0.4, 0.5) is 8.87 Å². The van der Waals surface area contributed by atoms with Crippen LogP contribution in [0.25, 0.3) is 0 Å². The largest absolute Gasteiger partial charge is 0.368 e. The molecule has 0 aromatic carbocycles. The first-order valence-corrected chi connectivity index (χ1v) is 3.46. The molecule has 0 N–H and O–H groups in total. The standard InChI is InChI=1S/C6H3ClF2N4/c1-12-4(2-10)5(3-11)13(9)6(12,7)8/h1H3. The van der Waals surface area contributed by atoms with Gasteiger partial charge in [-0.2, -0.15) is 14.9 Å². The average Bonchev–Trinajstić information content (AvgIpc) is 2.26. The van der Waals surface area contributed by atoms with Crippen molar-refractivity contribution >= 4 is 11.6 Å². The second-order valence-corrected chi connectivity index (χ2v) is 2.75. The second kappa shape index (κ2) is 2.75. The van der Waals surface area contributed by atoms with Crippen molar-refractivity contribution in [3.63, 3.8) is 0 Å². The van der Waals surface area contributed by atoms with Gasteiger partial charge in [-0.1, -0.05) is 4.48 Å². The van der Waals surface area contributed by atoms with Gasteiger partial charge in [-0.15, -0.1) is 5.12 Å². The van der Waals surface area contributed by atoms with E-state index in [-0.39, 0.29) is 0 Å². The summed E-state index contributed by atoms with van der Waals surface area (Å²) in [5, 5.41) is 13.3. The Morgan fingerprint density at radius 2 is 1.85 bits per heavy atom. The molecule has 1 unspecified atom stereocenters. The lowest BCUT2D eigenvalue weighted by Crippen LogP contribution is -2.40. The van der Waals surface area contributed by atoms with Gasteiger partial charge in [-0.05, 0) is 11.6 Å². The van der Waals surface area contributed by atoms with Gasteiger partial charge in [0.2, 0.25) is 0 Å². The van der Waals surface area contributed by atoms with Crippen molar-refractivity contribution in [2.75, 3.05) is 7.05 Å². The molecule has 1 atom stereocenters. The molecule has 1 aliphatic rings. The summed E-state index contributed by atoms with van der Waals surface area (Å²) in [6.07, 6.45) is 0. The van der Waals surface area contributed by atoms with Gasteiger partial charge in [0, 0.05) is 7.05 Å². The molecule has 0 aliphatic carbocycles. The van der Waals surface area contributed by atoms with Crippen molar-refractivity contribution in [1.82, 2.24) is 10.0 Å². The fourth-order valence-electron chi connectivity index (χ4n) is 0.877. The van der Waals surface area contributed by atoms with Crippen LogP contribution in [-0.4, -0.2) is 22.4 Å². The zero-order valence-electron chi connectivity index (χ0n) is 6.42. The van der Waals surface area contributed by atoms with E-state index >= 15 is 0 Å². The van der Waals surface area contributed by atoms with Crippen LogP contribution in [0, 0.1) is 22.7 Å². The molecule has 0 spiro atoms. The monoisotopic (exact) mass is 204 g/mol. The molecule has 4 nitrogen and oxygen atoms in total. The molecular formula is C6H3ClF2N4. The lowest BCUT2D eigenvalue weighted by molar-refractivity contribution is -0.116. The van der Waals surface area contributed by atoms with E-state index in [0.717, 1.165) is 7.05 Å². The quantitative estimate of drug-likeness (QED) is 0.338. The maximum absolute atomic E-state index is 13.2. The molecule has 0 radical (unpaired) electrons. The average molecular weight is 205 g/mol. The van der Waals surface area contributed by atoms with E-state index in [4.69, 9.17) is 22.1 Å². The van der Waals surface area contributed by atoms with Crippen LogP contribution in [0.1, 0.15) is 0 Å². The van der Waals surface area contributed by atoms with Crippen LogP contribution < -0.4 is 0 Å². The van der Waals surface area contributed by atoms with Crippen molar-refractivity contribution in [2.45, 2.75) is 5.38 Å². The summed E-state index contributed by atoms with van der Waals surface area (Å²) in [6.45, 7) is 0. The van der Waals surface area contributed by atoms with Crippen LogP contribution in [0.5, 0.6) is 0 Å².